The first-order chi connectivity index (χ1) is 15.9. The fourth-order valence-corrected chi connectivity index (χ4v) is 3.92. The van der Waals surface area contributed by atoms with Gasteiger partial charge in [0.1, 0.15) is 0 Å². The molecule has 4 bridgehead atoms. The molecule has 0 atom stereocenters. The van der Waals surface area contributed by atoms with Gasteiger partial charge in [0.15, 0.2) is 0 Å². The molecule has 0 aromatic heterocycles. The van der Waals surface area contributed by atoms with E-state index in [4.69, 9.17) is 0 Å². The molecule has 148 valence electrons. The lowest BCUT2D eigenvalue weighted by molar-refractivity contribution is 1.67. The number of rotatable bonds is 0. The normalized spacial score (nSPS) is 16.5. The fourth-order valence-electron chi connectivity index (χ4n) is 3.92. The van der Waals surface area contributed by atoms with Gasteiger partial charge in [-0.3, -0.25) is 0 Å². The van der Waals surface area contributed by atoms with Gasteiger partial charge >= 0.3 is 0 Å². The summed E-state index contributed by atoms with van der Waals surface area (Å²) in [7, 11) is 0. The Morgan fingerprint density at radius 2 is 0.844 bits per heavy atom. The number of hydrogen-bond acceptors (Lipinski definition) is 0. The van der Waals surface area contributed by atoms with E-state index in [1.165, 1.54) is 21.9 Å². The molecular weight excluding hydrogens is 384 g/mol. The minimum atomic E-state index is 1.03. The molecule has 0 saturated heterocycles. The van der Waals surface area contributed by atoms with Crippen LogP contribution in [0.3, 0.4) is 0 Å². The van der Waals surface area contributed by atoms with Crippen molar-refractivity contribution in [3.8, 4) is 23.7 Å². The number of hydrogen-bond donors (Lipinski definition) is 0. The van der Waals surface area contributed by atoms with E-state index in [0.717, 1.165) is 21.9 Å². The Morgan fingerprint density at radius 1 is 0.406 bits per heavy atom. The number of fused-ring (bicyclic) bond motifs is 12. The van der Waals surface area contributed by atoms with Gasteiger partial charge < -0.3 is 0 Å². The van der Waals surface area contributed by atoms with E-state index in [-0.39, 0.29) is 0 Å². The summed E-state index contributed by atoms with van der Waals surface area (Å²) < 4.78 is 0. The van der Waals surface area contributed by atoms with Gasteiger partial charge in [-0.05, 0) is 57.0 Å². The summed E-state index contributed by atoms with van der Waals surface area (Å²) in [6.45, 7) is 0. The Kier molecular flexibility index (Phi) is 5.53. The molecule has 0 radical (unpaired) electrons. The van der Waals surface area contributed by atoms with Gasteiger partial charge in [-0.25, -0.2) is 0 Å². The first-order valence-electron chi connectivity index (χ1n) is 10.6. The van der Waals surface area contributed by atoms with Crippen LogP contribution in [0.1, 0.15) is 22.3 Å². The van der Waals surface area contributed by atoms with Crippen LogP contribution >= 0.6 is 0 Å². The third kappa shape index (κ3) is 4.04. The van der Waals surface area contributed by atoms with Crippen LogP contribution in [-0.4, -0.2) is 0 Å². The molecule has 0 unspecified atom stereocenters. The van der Waals surface area contributed by atoms with Crippen molar-refractivity contribution in [3.63, 3.8) is 0 Å². The molecule has 32 heavy (non-hydrogen) atoms. The van der Waals surface area contributed by atoms with E-state index < -0.39 is 0 Å². The summed E-state index contributed by atoms with van der Waals surface area (Å²) in [4.78, 5) is 0. The average Bonchev–Trinajstić information content (AvgIpc) is 2.84. The molecule has 0 saturated carbocycles. The van der Waals surface area contributed by atoms with Crippen molar-refractivity contribution in [1.82, 2.24) is 0 Å². The van der Waals surface area contributed by atoms with Crippen LogP contribution in [-0.2, 0) is 0 Å². The van der Waals surface area contributed by atoms with Gasteiger partial charge in [-0.2, -0.15) is 0 Å². The lowest BCUT2D eigenvalue weighted by atomic mass is 9.99. The second-order valence-corrected chi connectivity index (χ2v) is 7.47. The maximum Gasteiger partial charge on any atom is 0.0327 e. The third-order valence-electron chi connectivity index (χ3n) is 5.46. The highest BCUT2D eigenvalue weighted by molar-refractivity contribution is 5.96. The zero-order valence-corrected chi connectivity index (χ0v) is 17.5. The van der Waals surface area contributed by atoms with Crippen molar-refractivity contribution in [1.29, 1.82) is 0 Å². The highest BCUT2D eigenvalue weighted by atomic mass is 14.1. The van der Waals surface area contributed by atoms with Gasteiger partial charge in [-0.1, -0.05) is 121 Å². The summed E-state index contributed by atoms with van der Waals surface area (Å²) in [5, 5.41) is 4.71. The molecule has 0 heterocycles. The molecule has 4 aromatic rings. The van der Waals surface area contributed by atoms with Crippen molar-refractivity contribution in [3.05, 3.63) is 132 Å². The first kappa shape index (κ1) is 19.4. The Bertz CT molecular complexity index is 1440. The molecule has 4 aromatic carbocycles. The molecule has 0 spiro atoms. The number of allylic oxidation sites excluding steroid dienone is 6. The molecular formula is C32H20. The van der Waals surface area contributed by atoms with Crippen LogP contribution in [0.4, 0.5) is 0 Å². The largest absolute Gasteiger partial charge is 0.0696 e. The molecule has 1 aliphatic rings. The van der Waals surface area contributed by atoms with Crippen molar-refractivity contribution in [2.24, 2.45) is 0 Å². The minimum Gasteiger partial charge on any atom is -0.0696 e. The van der Waals surface area contributed by atoms with E-state index in [0.29, 0.717) is 0 Å². The van der Waals surface area contributed by atoms with Gasteiger partial charge in [0.25, 0.3) is 0 Å². The molecule has 0 amide bonds. The summed E-state index contributed by atoms with van der Waals surface area (Å²) in [6, 6.07) is 25.2. The standard InChI is InChI=1S/C32H20/c1-2-6-14-26-23-24-28(32-20-12-11-18-30(26)32)16-8-4-3-7-15-27-22-21-25(13-5-1)29-17-9-10-19-31(27)29/h1-5,8-13,16-24H/b2-1-,4-3-,5-1?,8-4?,13-5-,16-8-,25-13?,28-16?. The lowest BCUT2D eigenvalue weighted by Crippen LogP contribution is -1.84. The zero-order valence-electron chi connectivity index (χ0n) is 17.5. The van der Waals surface area contributed by atoms with Crippen molar-refractivity contribution < 1.29 is 0 Å². The predicted molar refractivity (Wildman–Crippen MR) is 138 cm³/mol. The Labute approximate surface area is 188 Å². The Balaban J connectivity index is 1.63. The second kappa shape index (κ2) is 9.09. The second-order valence-electron chi connectivity index (χ2n) is 7.47. The molecule has 5 rings (SSSR count). The number of benzene rings is 4. The van der Waals surface area contributed by atoms with Gasteiger partial charge in [0.05, 0.1) is 0 Å². The van der Waals surface area contributed by atoms with Crippen LogP contribution in [0, 0.1) is 23.7 Å². The minimum absolute atomic E-state index is 1.03. The molecule has 1 aliphatic carbocycles. The maximum absolute atomic E-state index is 3.30. The maximum atomic E-state index is 3.30. The predicted octanol–water partition coefficient (Wildman–Crippen LogP) is 7.55. The van der Waals surface area contributed by atoms with Crippen LogP contribution in [0.15, 0.2) is 109 Å². The SMILES string of the molecule is C1#Cc2ccc(c3ccccc23)/C=C\C=C/C#Cc2ccc(c3ccccc23)/C=C\C=C/1. The molecule has 0 aliphatic heterocycles. The molecule has 0 heteroatoms. The lowest BCUT2D eigenvalue weighted by Gasteiger charge is -2.05. The summed E-state index contributed by atoms with van der Waals surface area (Å²) in [5.74, 6) is 13.0. The van der Waals surface area contributed by atoms with Crippen LogP contribution < -0.4 is 0 Å². The van der Waals surface area contributed by atoms with Gasteiger partial charge in [-0.15, -0.1) is 0 Å². The quantitative estimate of drug-likeness (QED) is 0.265. The Morgan fingerprint density at radius 3 is 1.31 bits per heavy atom. The van der Waals surface area contributed by atoms with E-state index in [1.54, 1.807) is 0 Å². The summed E-state index contributed by atoms with van der Waals surface area (Å²) >= 11 is 0. The van der Waals surface area contributed by atoms with Crippen molar-refractivity contribution in [2.45, 2.75) is 0 Å². The van der Waals surface area contributed by atoms with Gasteiger partial charge in [0.2, 0.25) is 0 Å². The summed E-state index contributed by atoms with van der Waals surface area (Å²) in [5.41, 5.74) is 4.39. The van der Waals surface area contributed by atoms with Gasteiger partial charge in [0, 0.05) is 11.1 Å². The van der Waals surface area contributed by atoms with Crippen molar-refractivity contribution >= 4 is 33.7 Å². The summed E-state index contributed by atoms with van der Waals surface area (Å²) in [6.07, 6.45) is 16.1. The van der Waals surface area contributed by atoms with E-state index in [2.05, 4.69) is 109 Å². The van der Waals surface area contributed by atoms with E-state index in [1.807, 2.05) is 36.5 Å². The van der Waals surface area contributed by atoms with Crippen LogP contribution in [0.2, 0.25) is 0 Å². The molecule has 0 nitrogen and oxygen atoms in total. The van der Waals surface area contributed by atoms with E-state index >= 15 is 0 Å². The highest BCUT2D eigenvalue weighted by Crippen LogP contribution is 2.25. The molecule has 0 fully saturated rings. The highest BCUT2D eigenvalue weighted by Gasteiger charge is 2.03. The topological polar surface area (TPSA) is 0 Å². The Hall–Kier alpha value is -4.52. The first-order valence-corrected chi connectivity index (χ1v) is 10.6. The zero-order chi connectivity index (χ0) is 21.6. The monoisotopic (exact) mass is 404 g/mol. The van der Waals surface area contributed by atoms with Crippen LogP contribution in [0.5, 0.6) is 0 Å². The molecule has 0 N–H and O–H groups in total. The third-order valence-corrected chi connectivity index (χ3v) is 5.46. The fraction of sp³-hybridized carbons (Fsp3) is 0. The van der Waals surface area contributed by atoms with E-state index in [9.17, 15) is 0 Å². The van der Waals surface area contributed by atoms with Crippen LogP contribution in [0.25, 0.3) is 33.7 Å². The average molecular weight is 405 g/mol. The van der Waals surface area contributed by atoms with Crippen molar-refractivity contribution in [2.75, 3.05) is 0 Å². The smallest absolute Gasteiger partial charge is 0.0327 e.